The Hall–Kier alpha value is -7.29. The van der Waals surface area contributed by atoms with Crippen molar-refractivity contribution in [3.8, 4) is 62.2 Å². The van der Waals surface area contributed by atoms with Crippen LogP contribution in [0.15, 0.2) is 160 Å². The van der Waals surface area contributed by atoms with Gasteiger partial charge in [-0.15, -0.1) is 0 Å². The molecule has 0 saturated heterocycles. The van der Waals surface area contributed by atoms with E-state index in [-0.39, 0.29) is 5.41 Å². The lowest BCUT2D eigenvalue weighted by atomic mass is 9.67. The van der Waals surface area contributed by atoms with Gasteiger partial charge in [-0.05, 0) is 101 Å². The van der Waals surface area contributed by atoms with Gasteiger partial charge in [0.25, 0.3) is 0 Å². The molecule has 1 saturated carbocycles. The molecule has 0 N–H and O–H groups in total. The van der Waals surface area contributed by atoms with Gasteiger partial charge >= 0.3 is 0 Å². The molecule has 0 atom stereocenters. The Morgan fingerprint density at radius 3 is 2.14 bits per heavy atom. The Morgan fingerprint density at radius 1 is 0.483 bits per heavy atom. The standard InChI is InChI=1S/C53H35N3O2/c54-31-32-19-23-43-42(27-32)50-36(14-10-17-44(50)53(43)25-7-2-8-26-53)34-21-24-48-41(28-34)39-15-9-16-40(51(39)58-48)46-30-45(55-52(56-46)33-11-3-1-4-12-33)35-20-22-38-37-13-5-6-18-47(37)57-49(38)29-35/h1,3-6,9-24,27-30H,2,7-8,25-26H2. The van der Waals surface area contributed by atoms with Crippen LogP contribution in [0, 0.1) is 11.3 Å². The number of benzene rings is 7. The molecule has 3 heterocycles. The van der Waals surface area contributed by atoms with E-state index in [0.29, 0.717) is 11.4 Å². The van der Waals surface area contributed by atoms with Crippen LogP contribution in [0.25, 0.3) is 100 Å². The summed E-state index contributed by atoms with van der Waals surface area (Å²) in [4.78, 5) is 10.3. The van der Waals surface area contributed by atoms with Gasteiger partial charge < -0.3 is 8.83 Å². The minimum atomic E-state index is 0.00106. The molecule has 1 spiro atoms. The third kappa shape index (κ3) is 4.88. The van der Waals surface area contributed by atoms with Crippen molar-refractivity contribution < 1.29 is 8.83 Å². The fourth-order valence-electron chi connectivity index (χ4n) is 10.1. The summed E-state index contributed by atoms with van der Waals surface area (Å²) in [5.74, 6) is 0.640. The summed E-state index contributed by atoms with van der Waals surface area (Å²) in [6.07, 6.45) is 5.99. The van der Waals surface area contributed by atoms with Crippen LogP contribution in [-0.2, 0) is 5.41 Å². The highest BCUT2D eigenvalue weighted by Gasteiger charge is 2.44. The van der Waals surface area contributed by atoms with Gasteiger partial charge in [0.1, 0.15) is 22.3 Å². The number of nitrogens with zero attached hydrogens (tertiary/aromatic N) is 3. The van der Waals surface area contributed by atoms with E-state index < -0.39 is 0 Å². The molecule has 0 radical (unpaired) electrons. The zero-order chi connectivity index (χ0) is 38.4. The Bertz CT molecular complexity index is 3340. The second-order valence-electron chi connectivity index (χ2n) is 15.9. The molecule has 7 aromatic carbocycles. The van der Waals surface area contributed by atoms with Crippen molar-refractivity contribution >= 4 is 43.9 Å². The van der Waals surface area contributed by atoms with Gasteiger partial charge in [-0.3, -0.25) is 0 Å². The Morgan fingerprint density at radius 2 is 1.24 bits per heavy atom. The van der Waals surface area contributed by atoms with E-state index in [0.717, 1.165) is 90.4 Å². The molecule has 58 heavy (non-hydrogen) atoms. The van der Waals surface area contributed by atoms with Crippen LogP contribution >= 0.6 is 0 Å². The van der Waals surface area contributed by atoms with Crippen LogP contribution in [0.3, 0.4) is 0 Å². The predicted molar refractivity (Wildman–Crippen MR) is 232 cm³/mol. The number of nitriles is 1. The molecular weight excluding hydrogens is 711 g/mol. The molecular formula is C53H35N3O2. The van der Waals surface area contributed by atoms with Crippen LogP contribution in [0.5, 0.6) is 0 Å². The van der Waals surface area contributed by atoms with Crippen molar-refractivity contribution in [3.05, 3.63) is 168 Å². The quantitative estimate of drug-likeness (QED) is 0.179. The second-order valence-corrected chi connectivity index (χ2v) is 15.9. The first-order chi connectivity index (χ1) is 28.6. The molecule has 10 aromatic rings. The van der Waals surface area contributed by atoms with Crippen molar-refractivity contribution in [2.24, 2.45) is 0 Å². The zero-order valence-corrected chi connectivity index (χ0v) is 31.6. The number of hydrogen-bond acceptors (Lipinski definition) is 5. The lowest BCUT2D eigenvalue weighted by Gasteiger charge is -2.36. The number of hydrogen-bond donors (Lipinski definition) is 0. The SMILES string of the molecule is N#Cc1ccc2c(c1)-c1c(-c3ccc4oc5c(-c6cc(-c7ccc8c(c7)oc7ccccc78)nc(-c7ccccc7)n6)cccc5c4c3)cccc1C21CCCCC1. The first-order valence-electron chi connectivity index (χ1n) is 20.2. The third-order valence-corrected chi connectivity index (χ3v) is 12.7. The van der Waals surface area contributed by atoms with E-state index in [4.69, 9.17) is 18.8 Å². The monoisotopic (exact) mass is 745 g/mol. The molecule has 0 aliphatic heterocycles. The van der Waals surface area contributed by atoms with Crippen molar-refractivity contribution in [2.75, 3.05) is 0 Å². The highest BCUT2D eigenvalue weighted by molar-refractivity contribution is 6.11. The van der Waals surface area contributed by atoms with E-state index in [1.54, 1.807) is 0 Å². The molecule has 5 nitrogen and oxygen atoms in total. The Kier molecular flexibility index (Phi) is 7.15. The smallest absolute Gasteiger partial charge is 0.160 e. The Labute approximate surface area is 334 Å². The minimum absolute atomic E-state index is 0.00106. The van der Waals surface area contributed by atoms with Crippen LogP contribution in [-0.4, -0.2) is 9.97 Å². The van der Waals surface area contributed by atoms with E-state index in [1.807, 2.05) is 54.6 Å². The van der Waals surface area contributed by atoms with Crippen molar-refractivity contribution in [1.29, 1.82) is 5.26 Å². The van der Waals surface area contributed by atoms with Gasteiger partial charge in [0.15, 0.2) is 5.82 Å². The number of fused-ring (bicyclic) bond motifs is 11. The molecule has 1 fully saturated rings. The third-order valence-electron chi connectivity index (χ3n) is 12.7. The summed E-state index contributed by atoms with van der Waals surface area (Å²) >= 11 is 0. The molecule has 2 aliphatic carbocycles. The van der Waals surface area contributed by atoms with E-state index in [9.17, 15) is 5.26 Å². The lowest BCUT2D eigenvalue weighted by Crippen LogP contribution is -2.28. The molecule has 2 aliphatic rings. The van der Waals surface area contributed by atoms with Crippen molar-refractivity contribution in [3.63, 3.8) is 0 Å². The molecule has 0 amide bonds. The summed E-state index contributed by atoms with van der Waals surface area (Å²) in [6.45, 7) is 0. The summed E-state index contributed by atoms with van der Waals surface area (Å²) in [5.41, 5.74) is 16.0. The molecule has 3 aromatic heterocycles. The van der Waals surface area contributed by atoms with Crippen LogP contribution in [0.2, 0.25) is 0 Å². The molecule has 274 valence electrons. The highest BCUT2D eigenvalue weighted by atomic mass is 16.3. The van der Waals surface area contributed by atoms with Crippen molar-refractivity contribution in [1.82, 2.24) is 9.97 Å². The average molecular weight is 746 g/mol. The summed E-state index contributed by atoms with van der Waals surface area (Å²) in [5, 5.41) is 14.2. The van der Waals surface area contributed by atoms with Gasteiger partial charge in [-0.25, -0.2) is 9.97 Å². The van der Waals surface area contributed by atoms with Gasteiger partial charge in [0.2, 0.25) is 0 Å². The lowest BCUT2D eigenvalue weighted by molar-refractivity contribution is 0.353. The summed E-state index contributed by atoms with van der Waals surface area (Å²) < 4.78 is 13.1. The maximum absolute atomic E-state index is 9.94. The highest BCUT2D eigenvalue weighted by Crippen LogP contribution is 2.58. The normalized spacial score (nSPS) is 14.3. The molecule has 0 bridgehead atoms. The fraction of sp³-hybridized carbons (Fsp3) is 0.113. The van der Waals surface area contributed by atoms with Gasteiger partial charge in [-0.1, -0.05) is 116 Å². The van der Waals surface area contributed by atoms with Gasteiger partial charge in [0, 0.05) is 43.7 Å². The zero-order valence-electron chi connectivity index (χ0n) is 31.6. The minimum Gasteiger partial charge on any atom is -0.456 e. The maximum atomic E-state index is 9.94. The van der Waals surface area contributed by atoms with Crippen LogP contribution in [0.4, 0.5) is 0 Å². The fourth-order valence-corrected chi connectivity index (χ4v) is 10.1. The van der Waals surface area contributed by atoms with Gasteiger partial charge in [0.05, 0.1) is 23.0 Å². The van der Waals surface area contributed by atoms with E-state index >= 15 is 0 Å². The maximum Gasteiger partial charge on any atom is 0.160 e. The number of aromatic nitrogens is 2. The topological polar surface area (TPSA) is 75.8 Å². The first kappa shape index (κ1) is 32.9. The second kappa shape index (κ2) is 12.6. The largest absolute Gasteiger partial charge is 0.456 e. The molecule has 0 unspecified atom stereocenters. The summed E-state index contributed by atoms with van der Waals surface area (Å²) in [6, 6.07) is 55.1. The van der Waals surface area contributed by atoms with E-state index in [2.05, 4.69) is 103 Å². The summed E-state index contributed by atoms with van der Waals surface area (Å²) in [7, 11) is 0. The van der Waals surface area contributed by atoms with Crippen LogP contribution in [0.1, 0.15) is 48.8 Å². The van der Waals surface area contributed by atoms with Gasteiger partial charge in [-0.2, -0.15) is 5.26 Å². The molecule has 5 heteroatoms. The average Bonchev–Trinajstić information content (AvgIpc) is 3.94. The van der Waals surface area contributed by atoms with Crippen molar-refractivity contribution in [2.45, 2.75) is 37.5 Å². The van der Waals surface area contributed by atoms with E-state index in [1.165, 1.54) is 47.1 Å². The molecule has 12 rings (SSSR count). The predicted octanol–water partition coefficient (Wildman–Crippen LogP) is 14.0. The number of para-hydroxylation sites is 2. The van der Waals surface area contributed by atoms with Crippen LogP contribution < -0.4 is 0 Å². The number of furan rings is 2. The Balaban J connectivity index is 1.02. The number of rotatable bonds is 4. The first-order valence-corrected chi connectivity index (χ1v) is 20.2.